The molecule has 0 radical (unpaired) electrons. The van der Waals surface area contributed by atoms with Crippen LogP contribution in [0.1, 0.15) is 41.8 Å². The summed E-state index contributed by atoms with van der Waals surface area (Å²) in [5, 5.41) is 14.9. The molecule has 2 heterocycles. The number of hydrogen-bond donors (Lipinski definition) is 1. The molecule has 6 nitrogen and oxygen atoms in total. The summed E-state index contributed by atoms with van der Waals surface area (Å²) in [6, 6.07) is 16.5. The Kier molecular flexibility index (Phi) is 4.66. The van der Waals surface area contributed by atoms with E-state index < -0.39 is 11.4 Å². The van der Waals surface area contributed by atoms with Crippen molar-refractivity contribution in [3.8, 4) is 5.82 Å². The topological polar surface area (TPSA) is 71.2 Å². The van der Waals surface area contributed by atoms with Crippen molar-refractivity contribution in [1.82, 2.24) is 19.7 Å². The molecule has 2 aromatic heterocycles. The fourth-order valence-corrected chi connectivity index (χ4v) is 4.74. The van der Waals surface area contributed by atoms with E-state index in [0.29, 0.717) is 24.7 Å². The van der Waals surface area contributed by atoms with Crippen LogP contribution >= 0.6 is 0 Å². The number of aryl methyl sites for hydroxylation is 1. The van der Waals surface area contributed by atoms with Gasteiger partial charge in [0.2, 0.25) is 0 Å². The van der Waals surface area contributed by atoms with Gasteiger partial charge in [0.15, 0.2) is 5.82 Å². The number of carboxylic acids is 1. The Labute approximate surface area is 176 Å². The van der Waals surface area contributed by atoms with E-state index in [2.05, 4.69) is 41.2 Å². The zero-order valence-electron chi connectivity index (χ0n) is 17.2. The summed E-state index contributed by atoms with van der Waals surface area (Å²) in [4.78, 5) is 19.1. The lowest BCUT2D eigenvalue weighted by atomic mass is 9.86. The molecule has 0 bridgehead atoms. The quantitative estimate of drug-likeness (QED) is 0.684. The Bertz CT molecular complexity index is 1060. The minimum atomic E-state index is -0.821. The lowest BCUT2D eigenvalue weighted by Gasteiger charge is -2.31. The van der Waals surface area contributed by atoms with Crippen molar-refractivity contribution in [2.45, 2.75) is 50.1 Å². The molecular formula is C24H26N4O2. The minimum absolute atomic E-state index is 0.363. The van der Waals surface area contributed by atoms with Crippen LogP contribution < -0.4 is 0 Å². The van der Waals surface area contributed by atoms with E-state index in [1.54, 1.807) is 6.20 Å². The van der Waals surface area contributed by atoms with Crippen LogP contribution in [-0.2, 0) is 29.6 Å². The molecule has 2 aliphatic rings. The van der Waals surface area contributed by atoms with Gasteiger partial charge in [-0.05, 0) is 62.4 Å². The molecule has 154 valence electrons. The molecule has 0 saturated heterocycles. The predicted octanol–water partition coefficient (Wildman–Crippen LogP) is 3.37. The second-order valence-corrected chi connectivity index (χ2v) is 8.56. The first kappa shape index (κ1) is 19.0. The van der Waals surface area contributed by atoms with Crippen molar-refractivity contribution in [2.75, 3.05) is 7.05 Å². The van der Waals surface area contributed by atoms with E-state index in [4.69, 9.17) is 5.10 Å². The van der Waals surface area contributed by atoms with Crippen LogP contribution in [0.15, 0.2) is 54.7 Å². The number of likely N-dealkylation sites (N-methyl/N-ethyl adjacent to an activating group) is 1. The molecule has 5 rings (SSSR count). The maximum absolute atomic E-state index is 12.2. The van der Waals surface area contributed by atoms with Crippen LogP contribution in [0.2, 0.25) is 0 Å². The maximum Gasteiger partial charge on any atom is 0.315 e. The number of nitrogens with zero attached hydrogens (tertiary/aromatic N) is 4. The van der Waals surface area contributed by atoms with E-state index in [9.17, 15) is 9.90 Å². The number of pyridine rings is 1. The summed E-state index contributed by atoms with van der Waals surface area (Å²) in [6.07, 6.45) is 5.78. The number of benzene rings is 1. The van der Waals surface area contributed by atoms with Crippen molar-refractivity contribution in [3.05, 3.63) is 77.2 Å². The van der Waals surface area contributed by atoms with Gasteiger partial charge in [0.25, 0.3) is 0 Å². The number of aromatic nitrogens is 3. The number of carboxylic acid groups (broad SMARTS) is 1. The Morgan fingerprint density at radius 3 is 2.63 bits per heavy atom. The second kappa shape index (κ2) is 7.36. The van der Waals surface area contributed by atoms with Gasteiger partial charge in [-0.15, -0.1) is 0 Å². The molecular weight excluding hydrogens is 376 g/mol. The van der Waals surface area contributed by atoms with Crippen molar-refractivity contribution < 1.29 is 9.90 Å². The summed E-state index contributed by atoms with van der Waals surface area (Å²) in [6.45, 7) is 0.884. The number of aliphatic carboxylic acids is 1. The molecule has 0 amide bonds. The molecule has 1 unspecified atom stereocenters. The first-order valence-corrected chi connectivity index (χ1v) is 10.6. The molecule has 3 aromatic rings. The lowest BCUT2D eigenvalue weighted by Crippen LogP contribution is -2.37. The Morgan fingerprint density at radius 1 is 1.20 bits per heavy atom. The molecule has 1 saturated carbocycles. The summed E-state index contributed by atoms with van der Waals surface area (Å²) < 4.78 is 1.81. The molecule has 2 aliphatic carbocycles. The molecule has 0 spiro atoms. The minimum Gasteiger partial charge on any atom is -0.481 e. The van der Waals surface area contributed by atoms with Crippen molar-refractivity contribution >= 4 is 5.97 Å². The molecule has 0 aliphatic heterocycles. The van der Waals surface area contributed by atoms with Gasteiger partial charge in [-0.1, -0.05) is 36.4 Å². The maximum atomic E-state index is 12.2. The number of fused-ring (bicyclic) bond motifs is 1. The third kappa shape index (κ3) is 3.21. The molecule has 6 heteroatoms. The zero-order chi connectivity index (χ0) is 20.7. The Balaban J connectivity index is 1.51. The van der Waals surface area contributed by atoms with E-state index in [-0.39, 0.29) is 0 Å². The number of hydrogen-bond acceptors (Lipinski definition) is 4. The summed E-state index contributed by atoms with van der Waals surface area (Å²) >= 11 is 0. The van der Waals surface area contributed by atoms with E-state index in [0.717, 1.165) is 42.8 Å². The van der Waals surface area contributed by atoms with Crippen molar-refractivity contribution in [3.63, 3.8) is 0 Å². The predicted molar refractivity (Wildman–Crippen MR) is 114 cm³/mol. The molecule has 1 fully saturated rings. The third-order valence-corrected chi connectivity index (χ3v) is 6.60. The zero-order valence-corrected chi connectivity index (χ0v) is 17.2. The average molecular weight is 402 g/mol. The van der Waals surface area contributed by atoms with Crippen LogP contribution in [0.3, 0.4) is 0 Å². The fraction of sp³-hybridized carbons (Fsp3) is 0.375. The molecule has 1 aromatic carbocycles. The van der Waals surface area contributed by atoms with Gasteiger partial charge >= 0.3 is 5.97 Å². The van der Waals surface area contributed by atoms with Gasteiger partial charge in [-0.25, -0.2) is 9.67 Å². The first-order valence-electron chi connectivity index (χ1n) is 10.6. The van der Waals surface area contributed by atoms with E-state index in [1.165, 1.54) is 5.56 Å². The summed E-state index contributed by atoms with van der Waals surface area (Å²) in [5.41, 5.74) is 3.48. The van der Waals surface area contributed by atoms with Gasteiger partial charge < -0.3 is 5.11 Å². The molecule has 1 atom stereocenters. The smallest absolute Gasteiger partial charge is 0.315 e. The third-order valence-electron chi connectivity index (χ3n) is 6.60. The van der Waals surface area contributed by atoms with Gasteiger partial charge in [-0.2, -0.15) is 5.10 Å². The lowest BCUT2D eigenvalue weighted by molar-refractivity contribution is -0.140. The van der Waals surface area contributed by atoms with Crippen LogP contribution in [-0.4, -0.2) is 43.8 Å². The normalized spacial score (nSPS) is 19.5. The summed E-state index contributed by atoms with van der Waals surface area (Å²) in [7, 11) is 2.16. The van der Waals surface area contributed by atoms with Crippen LogP contribution in [0.4, 0.5) is 0 Å². The SMILES string of the molecule is CN(Cc1ccccc1)C1CCc2nn(-c3ccccn3)c(C3(C(=O)O)CC3)c2C1. The van der Waals surface area contributed by atoms with Crippen LogP contribution in [0, 0.1) is 0 Å². The highest BCUT2D eigenvalue weighted by atomic mass is 16.4. The van der Waals surface area contributed by atoms with Crippen LogP contribution in [0.25, 0.3) is 5.82 Å². The highest BCUT2D eigenvalue weighted by molar-refractivity contribution is 5.85. The molecule has 30 heavy (non-hydrogen) atoms. The van der Waals surface area contributed by atoms with E-state index >= 15 is 0 Å². The Hall–Kier alpha value is -2.99. The highest BCUT2D eigenvalue weighted by Gasteiger charge is 2.56. The second-order valence-electron chi connectivity index (χ2n) is 8.56. The van der Waals surface area contributed by atoms with Crippen molar-refractivity contribution in [2.24, 2.45) is 0 Å². The van der Waals surface area contributed by atoms with Crippen LogP contribution in [0.5, 0.6) is 0 Å². The van der Waals surface area contributed by atoms with Gasteiger partial charge in [-0.3, -0.25) is 9.69 Å². The highest BCUT2D eigenvalue weighted by Crippen LogP contribution is 2.51. The monoisotopic (exact) mass is 402 g/mol. The summed E-state index contributed by atoms with van der Waals surface area (Å²) in [5.74, 6) is -0.0502. The largest absolute Gasteiger partial charge is 0.481 e. The fourth-order valence-electron chi connectivity index (χ4n) is 4.74. The molecule has 1 N–H and O–H groups in total. The standard InChI is InChI=1S/C24H26N4O2/c1-27(16-17-7-3-2-4-8-17)18-10-11-20-19(15-18)22(24(12-13-24)23(29)30)28(26-20)21-9-5-6-14-25-21/h2-9,14,18H,10-13,15-16H2,1H3,(H,29,30). The van der Waals surface area contributed by atoms with Gasteiger partial charge in [0, 0.05) is 18.8 Å². The number of carbonyl (C=O) groups is 1. The van der Waals surface area contributed by atoms with Gasteiger partial charge in [0.1, 0.15) is 5.41 Å². The number of rotatable bonds is 6. The van der Waals surface area contributed by atoms with Gasteiger partial charge in [0.05, 0.1) is 11.4 Å². The van der Waals surface area contributed by atoms with Crippen molar-refractivity contribution in [1.29, 1.82) is 0 Å². The van der Waals surface area contributed by atoms with E-state index in [1.807, 2.05) is 28.9 Å². The first-order chi connectivity index (χ1) is 14.6. The average Bonchev–Trinajstić information content (AvgIpc) is 3.49. The Morgan fingerprint density at radius 2 is 1.97 bits per heavy atom.